The highest BCUT2D eigenvalue weighted by Gasteiger charge is 2.34. The van der Waals surface area contributed by atoms with Gasteiger partial charge in [-0.25, -0.2) is 9.37 Å². The predicted octanol–water partition coefficient (Wildman–Crippen LogP) is 4.96. The normalized spacial score (nSPS) is 12.0. The second-order valence-corrected chi connectivity index (χ2v) is 9.18. The fourth-order valence-electron chi connectivity index (χ4n) is 3.58. The third kappa shape index (κ3) is 7.04. The Labute approximate surface area is 220 Å². The van der Waals surface area contributed by atoms with Crippen molar-refractivity contribution in [3.8, 4) is 11.5 Å². The molecule has 196 valence electrons. The van der Waals surface area contributed by atoms with E-state index in [4.69, 9.17) is 9.47 Å². The topological polar surface area (TPSA) is 105 Å². The van der Waals surface area contributed by atoms with E-state index in [9.17, 15) is 14.0 Å². The van der Waals surface area contributed by atoms with Gasteiger partial charge in [-0.15, -0.1) is 0 Å². The molecule has 1 aromatic heterocycles. The average Bonchev–Trinajstić information content (AvgIpc) is 3.47. The Morgan fingerprint density at radius 2 is 1.63 bits per heavy atom. The predicted molar refractivity (Wildman–Crippen MR) is 141 cm³/mol. The quantitative estimate of drug-likeness (QED) is 0.261. The van der Waals surface area contributed by atoms with Crippen LogP contribution in [0.4, 0.5) is 10.1 Å². The van der Waals surface area contributed by atoms with Crippen molar-refractivity contribution in [2.45, 2.75) is 31.9 Å². The van der Waals surface area contributed by atoms with Crippen molar-refractivity contribution in [3.05, 3.63) is 108 Å². The maximum absolute atomic E-state index is 13.2. The summed E-state index contributed by atoms with van der Waals surface area (Å²) in [5, 5.41) is 5.64. The van der Waals surface area contributed by atoms with Crippen LogP contribution in [0.25, 0.3) is 0 Å². The molecule has 0 saturated heterocycles. The zero-order valence-corrected chi connectivity index (χ0v) is 21.1. The first-order valence-electron chi connectivity index (χ1n) is 12.1. The third-order valence-corrected chi connectivity index (χ3v) is 5.90. The number of nitrogens with zero attached hydrogens (tertiary/aromatic N) is 1. The molecule has 0 aliphatic heterocycles. The number of H-pyrrole nitrogens is 1. The number of amides is 2. The SMILES string of the molecule is CC(C)(C(=O)NC(COCc1ccccc1)C(=O)Nc1ccc(Oc2ccc(F)cc2)cc1)c1c[nH]cn1. The number of anilines is 1. The molecular formula is C29H29FN4O4. The van der Waals surface area contributed by atoms with Crippen LogP contribution in [-0.4, -0.2) is 34.4 Å². The van der Waals surface area contributed by atoms with E-state index in [1.807, 2.05) is 30.3 Å². The smallest absolute Gasteiger partial charge is 0.249 e. The van der Waals surface area contributed by atoms with Crippen LogP contribution < -0.4 is 15.4 Å². The molecule has 0 saturated carbocycles. The van der Waals surface area contributed by atoms with Crippen LogP contribution in [0, 0.1) is 5.82 Å². The number of rotatable bonds is 11. The number of hydrogen-bond acceptors (Lipinski definition) is 5. The van der Waals surface area contributed by atoms with E-state index in [0.29, 0.717) is 29.5 Å². The van der Waals surface area contributed by atoms with Gasteiger partial charge in [-0.3, -0.25) is 9.59 Å². The third-order valence-electron chi connectivity index (χ3n) is 5.90. The molecule has 9 heteroatoms. The highest BCUT2D eigenvalue weighted by molar-refractivity contribution is 5.98. The number of nitrogens with one attached hydrogen (secondary N) is 3. The Bertz CT molecular complexity index is 1330. The monoisotopic (exact) mass is 516 g/mol. The van der Waals surface area contributed by atoms with Gasteiger partial charge in [-0.1, -0.05) is 30.3 Å². The van der Waals surface area contributed by atoms with Crippen LogP contribution in [0.2, 0.25) is 0 Å². The second kappa shape index (κ2) is 12.2. The molecule has 0 fully saturated rings. The molecule has 0 aliphatic carbocycles. The van der Waals surface area contributed by atoms with Gasteiger partial charge in [0.1, 0.15) is 23.4 Å². The number of halogens is 1. The second-order valence-electron chi connectivity index (χ2n) is 9.18. The van der Waals surface area contributed by atoms with Gasteiger partial charge >= 0.3 is 0 Å². The fourth-order valence-corrected chi connectivity index (χ4v) is 3.58. The van der Waals surface area contributed by atoms with Crippen molar-refractivity contribution in [1.82, 2.24) is 15.3 Å². The average molecular weight is 517 g/mol. The van der Waals surface area contributed by atoms with Crippen LogP contribution in [0.15, 0.2) is 91.4 Å². The first-order valence-corrected chi connectivity index (χ1v) is 12.1. The zero-order valence-electron chi connectivity index (χ0n) is 21.1. The first kappa shape index (κ1) is 26.6. The number of aromatic amines is 1. The van der Waals surface area contributed by atoms with E-state index in [1.165, 1.54) is 30.6 Å². The van der Waals surface area contributed by atoms with Crippen LogP contribution in [0.1, 0.15) is 25.1 Å². The van der Waals surface area contributed by atoms with E-state index in [1.54, 1.807) is 44.3 Å². The van der Waals surface area contributed by atoms with E-state index in [-0.39, 0.29) is 18.3 Å². The van der Waals surface area contributed by atoms with Crippen molar-refractivity contribution in [2.24, 2.45) is 0 Å². The van der Waals surface area contributed by atoms with Crippen LogP contribution >= 0.6 is 0 Å². The molecule has 2 amide bonds. The molecule has 4 rings (SSSR count). The van der Waals surface area contributed by atoms with Crippen molar-refractivity contribution in [2.75, 3.05) is 11.9 Å². The molecule has 1 heterocycles. The Morgan fingerprint density at radius 3 is 2.26 bits per heavy atom. The van der Waals surface area contributed by atoms with Gasteiger partial charge in [0.2, 0.25) is 11.8 Å². The lowest BCUT2D eigenvalue weighted by molar-refractivity contribution is -0.131. The minimum Gasteiger partial charge on any atom is -0.457 e. The lowest BCUT2D eigenvalue weighted by atomic mass is 9.88. The Kier molecular flexibility index (Phi) is 8.50. The van der Waals surface area contributed by atoms with Gasteiger partial charge < -0.3 is 25.1 Å². The van der Waals surface area contributed by atoms with Crippen molar-refractivity contribution >= 4 is 17.5 Å². The van der Waals surface area contributed by atoms with Crippen LogP contribution in [-0.2, 0) is 26.3 Å². The van der Waals surface area contributed by atoms with Gasteiger partial charge in [0.25, 0.3) is 0 Å². The van der Waals surface area contributed by atoms with E-state index in [0.717, 1.165) is 5.56 Å². The minimum absolute atomic E-state index is 0.0329. The molecule has 1 atom stereocenters. The molecule has 8 nitrogen and oxygen atoms in total. The number of hydrogen-bond donors (Lipinski definition) is 3. The van der Waals surface area contributed by atoms with Crippen LogP contribution in [0.3, 0.4) is 0 Å². The molecule has 0 bridgehead atoms. The Hall–Kier alpha value is -4.50. The van der Waals surface area contributed by atoms with Crippen molar-refractivity contribution < 1.29 is 23.5 Å². The van der Waals surface area contributed by atoms with E-state index in [2.05, 4.69) is 20.6 Å². The summed E-state index contributed by atoms with van der Waals surface area (Å²) in [5.74, 6) is -0.141. The maximum atomic E-state index is 13.2. The molecule has 1 unspecified atom stereocenters. The van der Waals surface area contributed by atoms with Crippen molar-refractivity contribution in [3.63, 3.8) is 0 Å². The summed E-state index contributed by atoms with van der Waals surface area (Å²) in [5.41, 5.74) is 1.04. The van der Waals surface area contributed by atoms with Crippen LogP contribution in [0.5, 0.6) is 11.5 Å². The molecule has 4 aromatic rings. The standard InChI is InChI=1S/C29H29FN4O4/c1-29(2,26-16-31-19-32-26)28(36)34-25(18-37-17-20-6-4-3-5-7-20)27(35)33-22-10-14-24(15-11-22)38-23-12-8-21(30)9-13-23/h3-16,19,25H,17-18H2,1-2H3,(H,31,32)(H,33,35)(H,34,36). The van der Waals surface area contributed by atoms with Gasteiger partial charge in [0.15, 0.2) is 0 Å². The number of benzene rings is 3. The molecule has 3 aromatic carbocycles. The molecular weight excluding hydrogens is 487 g/mol. The molecule has 3 N–H and O–H groups in total. The number of aromatic nitrogens is 2. The number of imidazole rings is 1. The van der Waals surface area contributed by atoms with Gasteiger partial charge in [0.05, 0.1) is 30.7 Å². The molecule has 0 radical (unpaired) electrons. The lowest BCUT2D eigenvalue weighted by Crippen LogP contribution is -2.52. The summed E-state index contributed by atoms with van der Waals surface area (Å²) in [6, 6.07) is 21.0. The summed E-state index contributed by atoms with van der Waals surface area (Å²) < 4.78 is 24.6. The van der Waals surface area contributed by atoms with E-state index >= 15 is 0 Å². The largest absolute Gasteiger partial charge is 0.457 e. The van der Waals surface area contributed by atoms with Gasteiger partial charge in [-0.2, -0.15) is 0 Å². The summed E-state index contributed by atoms with van der Waals surface area (Å²) in [7, 11) is 0. The molecule has 0 aliphatic rings. The minimum atomic E-state index is -0.975. The number of carbonyl (C=O) groups is 2. The van der Waals surface area contributed by atoms with Gasteiger partial charge in [-0.05, 0) is 67.9 Å². The summed E-state index contributed by atoms with van der Waals surface area (Å²) in [6.45, 7) is 3.73. The molecule has 0 spiro atoms. The Balaban J connectivity index is 1.42. The summed E-state index contributed by atoms with van der Waals surface area (Å²) >= 11 is 0. The first-order chi connectivity index (χ1) is 18.3. The summed E-state index contributed by atoms with van der Waals surface area (Å²) in [4.78, 5) is 33.4. The Morgan fingerprint density at radius 1 is 0.974 bits per heavy atom. The van der Waals surface area contributed by atoms with E-state index < -0.39 is 17.4 Å². The lowest BCUT2D eigenvalue weighted by Gasteiger charge is -2.26. The highest BCUT2D eigenvalue weighted by atomic mass is 19.1. The van der Waals surface area contributed by atoms with Gasteiger partial charge in [0, 0.05) is 11.9 Å². The zero-order chi connectivity index (χ0) is 27.0. The van der Waals surface area contributed by atoms with Crippen molar-refractivity contribution in [1.29, 1.82) is 0 Å². The maximum Gasteiger partial charge on any atom is 0.249 e. The number of ether oxygens (including phenoxy) is 2. The highest BCUT2D eigenvalue weighted by Crippen LogP contribution is 2.24. The number of carbonyl (C=O) groups excluding carboxylic acids is 2. The summed E-state index contributed by atoms with van der Waals surface area (Å²) in [6.07, 6.45) is 3.15. The molecule has 38 heavy (non-hydrogen) atoms. The fraction of sp³-hybridized carbons (Fsp3) is 0.207.